The van der Waals surface area contributed by atoms with Crippen LogP contribution in [0.4, 0.5) is 5.69 Å². The van der Waals surface area contributed by atoms with Crippen LogP contribution in [-0.2, 0) is 0 Å². The smallest absolute Gasteiger partial charge is 0.164 e. The van der Waals surface area contributed by atoms with E-state index in [9.17, 15) is 0 Å². The summed E-state index contributed by atoms with van der Waals surface area (Å²) < 4.78 is 0. The Morgan fingerprint density at radius 1 is 0.362 bits per heavy atom. The van der Waals surface area contributed by atoms with Crippen molar-refractivity contribution >= 4 is 88.4 Å². The summed E-state index contributed by atoms with van der Waals surface area (Å²) in [6, 6.07) is 50.1. The van der Waals surface area contributed by atoms with Crippen molar-refractivity contribution in [3.05, 3.63) is 151 Å². The predicted molar refractivity (Wildman–Crippen MR) is 233 cm³/mol. The van der Waals surface area contributed by atoms with Crippen LogP contribution in [0.2, 0.25) is 0 Å². The van der Waals surface area contributed by atoms with Crippen LogP contribution < -0.4 is 0 Å². The molecule has 0 atom stereocenters. The number of benzene rings is 8. The normalized spacial score (nSPS) is 12.4. The van der Waals surface area contributed by atoms with E-state index in [1.165, 1.54) is 32.3 Å². The second-order valence-electron chi connectivity index (χ2n) is 14.8. The van der Waals surface area contributed by atoms with Gasteiger partial charge in [-0.1, -0.05) is 115 Å². The molecule has 2 aliphatic heterocycles. The summed E-state index contributed by atoms with van der Waals surface area (Å²) >= 11 is 0. The van der Waals surface area contributed by atoms with Crippen LogP contribution in [0.15, 0.2) is 151 Å². The van der Waals surface area contributed by atoms with Crippen LogP contribution in [0.5, 0.6) is 0 Å². The number of H-pyrrole nitrogens is 2. The van der Waals surface area contributed by atoms with Crippen molar-refractivity contribution in [1.82, 2.24) is 39.9 Å². The van der Waals surface area contributed by atoms with Crippen LogP contribution in [0.25, 0.3) is 122 Å². The fourth-order valence-corrected chi connectivity index (χ4v) is 8.71. The van der Waals surface area contributed by atoms with Crippen molar-refractivity contribution in [2.75, 3.05) is 0 Å². The van der Waals surface area contributed by atoms with Crippen molar-refractivity contribution < 1.29 is 0 Å². The molecule has 9 nitrogen and oxygen atoms in total. The van der Waals surface area contributed by atoms with Gasteiger partial charge in [-0.3, -0.25) is 4.99 Å². The Bertz CT molecular complexity index is 3700. The van der Waals surface area contributed by atoms with Gasteiger partial charge in [0.05, 0.1) is 5.69 Å². The van der Waals surface area contributed by atoms with Gasteiger partial charge < -0.3 is 9.97 Å². The van der Waals surface area contributed by atoms with Gasteiger partial charge >= 0.3 is 0 Å². The summed E-state index contributed by atoms with van der Waals surface area (Å²) in [4.78, 5) is 42.7. The maximum absolute atomic E-state index is 5.20. The summed E-state index contributed by atoms with van der Waals surface area (Å²) in [5, 5.41) is 11.1. The molecule has 0 spiro atoms. The maximum atomic E-state index is 5.20. The molecule has 0 radical (unpaired) electrons. The van der Waals surface area contributed by atoms with E-state index in [0.717, 1.165) is 55.0 Å². The lowest BCUT2D eigenvalue weighted by atomic mass is 9.93. The first-order valence-corrected chi connectivity index (χ1v) is 19.1. The molecule has 268 valence electrons. The molecule has 2 aliphatic rings. The molecule has 3 aromatic heterocycles. The Kier molecular flexibility index (Phi) is 6.25. The molecule has 9 heteroatoms. The van der Waals surface area contributed by atoms with Crippen LogP contribution in [0.1, 0.15) is 5.56 Å². The highest BCUT2D eigenvalue weighted by molar-refractivity contribution is 6.23. The topological polar surface area (TPSA) is 121 Å². The molecule has 11 aromatic rings. The summed E-state index contributed by atoms with van der Waals surface area (Å²) in [5.74, 6) is 2.26. The molecule has 5 heterocycles. The largest absolute Gasteiger partial charge is 0.324 e. The minimum atomic E-state index is 0.555. The number of aromatic nitrogens is 8. The molecular formula is C49H27N9. The number of hydrogen-bond acceptors (Lipinski definition) is 7. The van der Waals surface area contributed by atoms with Crippen molar-refractivity contribution in [1.29, 1.82) is 0 Å². The van der Waals surface area contributed by atoms with Gasteiger partial charge in [-0.05, 0) is 68.2 Å². The van der Waals surface area contributed by atoms with E-state index in [1.807, 2.05) is 91.1 Å². The molecule has 0 amide bonds. The Morgan fingerprint density at radius 2 is 0.793 bits per heavy atom. The molecule has 13 rings (SSSR count). The molecule has 2 N–H and O–H groups in total. The zero-order chi connectivity index (χ0) is 37.9. The van der Waals surface area contributed by atoms with Gasteiger partial charge in [0.2, 0.25) is 0 Å². The lowest BCUT2D eigenvalue weighted by molar-refractivity contribution is 1.19. The quantitative estimate of drug-likeness (QED) is 0.134. The Morgan fingerprint density at radius 3 is 1.31 bits per heavy atom. The number of aliphatic imine (C=N–C) groups is 1. The number of nitrogens with zero attached hydrogens (tertiary/aromatic N) is 7. The van der Waals surface area contributed by atoms with E-state index in [4.69, 9.17) is 34.9 Å². The van der Waals surface area contributed by atoms with Crippen LogP contribution in [0, 0.1) is 0 Å². The first-order valence-electron chi connectivity index (χ1n) is 19.1. The van der Waals surface area contributed by atoms with Gasteiger partial charge in [0.15, 0.2) is 23.3 Å². The maximum Gasteiger partial charge on any atom is 0.164 e. The molecule has 8 bridgehead atoms. The number of rotatable bonds is 2. The first-order chi connectivity index (χ1) is 28.7. The van der Waals surface area contributed by atoms with E-state index in [2.05, 4.69) is 70.6 Å². The molecule has 0 saturated carbocycles. The zero-order valence-corrected chi connectivity index (χ0v) is 30.6. The minimum Gasteiger partial charge on any atom is -0.324 e. The van der Waals surface area contributed by atoms with Crippen molar-refractivity contribution in [2.24, 2.45) is 4.99 Å². The van der Waals surface area contributed by atoms with E-state index >= 15 is 0 Å². The molecule has 8 aromatic carbocycles. The molecule has 0 aliphatic carbocycles. The summed E-state index contributed by atoms with van der Waals surface area (Å²) in [6.07, 6.45) is 1.94. The average molecular weight is 742 g/mol. The van der Waals surface area contributed by atoms with E-state index in [1.54, 1.807) is 0 Å². The summed E-state index contributed by atoms with van der Waals surface area (Å²) in [6.45, 7) is 0. The fraction of sp³-hybridized carbons (Fsp3) is 0. The molecular weight excluding hydrogens is 715 g/mol. The Labute approximate surface area is 328 Å². The van der Waals surface area contributed by atoms with Crippen LogP contribution in [-0.4, -0.2) is 46.1 Å². The van der Waals surface area contributed by atoms with Gasteiger partial charge in [-0.25, -0.2) is 29.9 Å². The van der Waals surface area contributed by atoms with Crippen LogP contribution >= 0.6 is 0 Å². The minimum absolute atomic E-state index is 0.555. The fourth-order valence-electron chi connectivity index (χ4n) is 8.71. The van der Waals surface area contributed by atoms with Gasteiger partial charge in [-0.2, -0.15) is 0 Å². The number of fused-ring (bicyclic) bond motifs is 20. The highest BCUT2D eigenvalue weighted by atomic mass is 15.1. The highest BCUT2D eigenvalue weighted by Crippen LogP contribution is 2.38. The average Bonchev–Trinajstić information content (AvgIpc) is 4.00. The van der Waals surface area contributed by atoms with E-state index in [-0.39, 0.29) is 0 Å². The Balaban J connectivity index is 1.05. The number of nitrogens with one attached hydrogen (secondary N) is 2. The zero-order valence-electron chi connectivity index (χ0n) is 30.6. The third-order valence-electron chi connectivity index (χ3n) is 11.4. The Hall–Kier alpha value is -8.17. The third kappa shape index (κ3) is 4.61. The van der Waals surface area contributed by atoms with Gasteiger partial charge in [0, 0.05) is 50.0 Å². The predicted octanol–water partition coefficient (Wildman–Crippen LogP) is 11.5. The molecule has 0 saturated heterocycles. The lowest BCUT2D eigenvalue weighted by Crippen LogP contribution is -1.87. The monoisotopic (exact) mass is 741 g/mol. The standard InChI is InChI=1S/C49H27N9/c1-2-11-33-32(10-1)42-51-43(33)53-45-36-14-5-6-15-37(36)47(55-45)57-49-39-24-31(20-21-38(39)48(58-49)56-46-35-13-4-3-12-34(35)44(52-42)54-46)50-25-26-22-29-18-16-27-8-7-9-28-17-19-30(23-26)41(29)40(27)28/h1-25H,(H2,51,52,53,54,55,56,57,58). The summed E-state index contributed by atoms with van der Waals surface area (Å²) in [7, 11) is 0. The second kappa shape index (κ2) is 11.7. The molecule has 58 heavy (non-hydrogen) atoms. The van der Waals surface area contributed by atoms with E-state index < -0.39 is 0 Å². The second-order valence-corrected chi connectivity index (χ2v) is 14.8. The molecule has 0 fully saturated rings. The first kappa shape index (κ1) is 31.1. The van der Waals surface area contributed by atoms with Gasteiger partial charge in [0.1, 0.15) is 22.6 Å². The van der Waals surface area contributed by atoms with Gasteiger partial charge in [-0.15, -0.1) is 0 Å². The van der Waals surface area contributed by atoms with Crippen molar-refractivity contribution in [3.63, 3.8) is 0 Å². The third-order valence-corrected chi connectivity index (χ3v) is 11.4. The van der Waals surface area contributed by atoms with Crippen molar-refractivity contribution in [2.45, 2.75) is 0 Å². The SMILES string of the molecule is C(=Nc1ccc2c3nc4nc(nc5[nH]c(nc6nc(nc([nH]3)c2c1)-c1ccccc1-6)c1ccccc51)-c1ccccc1-4)c1cc2ccc3cccc4ccc(c1)c2c34. The highest BCUT2D eigenvalue weighted by Gasteiger charge is 2.22. The van der Waals surface area contributed by atoms with E-state index in [0.29, 0.717) is 45.9 Å². The molecule has 0 unspecified atom stereocenters. The number of aromatic amines is 2. The van der Waals surface area contributed by atoms with Gasteiger partial charge in [0.25, 0.3) is 0 Å². The lowest BCUT2D eigenvalue weighted by Gasteiger charge is -2.11. The summed E-state index contributed by atoms with van der Waals surface area (Å²) in [5.41, 5.74) is 7.98. The van der Waals surface area contributed by atoms with Crippen LogP contribution in [0.3, 0.4) is 0 Å². The number of hydrogen-bond donors (Lipinski definition) is 2. The van der Waals surface area contributed by atoms with Crippen molar-refractivity contribution in [3.8, 4) is 45.6 Å².